The number of hydrogen-bond donors (Lipinski definition) is 0. The summed E-state index contributed by atoms with van der Waals surface area (Å²) in [6, 6.07) is 0. The van der Waals surface area contributed by atoms with Crippen molar-refractivity contribution in [3.05, 3.63) is 5.89 Å². The minimum atomic E-state index is 0.118. The van der Waals surface area contributed by atoms with E-state index in [1.165, 1.54) is 11.8 Å². The summed E-state index contributed by atoms with van der Waals surface area (Å²) in [6.07, 6.45) is 1.61. The van der Waals surface area contributed by atoms with Crippen molar-refractivity contribution in [1.29, 1.82) is 0 Å². The summed E-state index contributed by atoms with van der Waals surface area (Å²) in [7, 11) is 0. The van der Waals surface area contributed by atoms with Crippen LogP contribution in [0, 0.1) is 12.8 Å². The average Bonchev–Trinajstić information content (AvgIpc) is 2.67. The average molecular weight is 212 g/mol. The van der Waals surface area contributed by atoms with Crippen LogP contribution in [0.25, 0.3) is 0 Å². The van der Waals surface area contributed by atoms with E-state index in [2.05, 4.69) is 10.2 Å². The van der Waals surface area contributed by atoms with Crippen molar-refractivity contribution in [1.82, 2.24) is 10.2 Å². The Hall–Kier alpha value is -0.840. The minimum Gasteiger partial charge on any atom is -0.416 e. The molecule has 14 heavy (non-hydrogen) atoms. The van der Waals surface area contributed by atoms with Gasteiger partial charge in [-0.15, -0.1) is 10.2 Å². The topological polar surface area (TPSA) is 56.0 Å². The van der Waals surface area contributed by atoms with E-state index < -0.39 is 0 Å². The smallest absolute Gasteiger partial charge is 0.276 e. The van der Waals surface area contributed by atoms with Crippen molar-refractivity contribution in [2.45, 2.75) is 37.2 Å². The van der Waals surface area contributed by atoms with Gasteiger partial charge < -0.3 is 4.42 Å². The van der Waals surface area contributed by atoms with Gasteiger partial charge in [0.25, 0.3) is 5.22 Å². The van der Waals surface area contributed by atoms with E-state index in [1.54, 1.807) is 6.92 Å². The number of hydrogen-bond acceptors (Lipinski definition) is 5. The molecule has 2 unspecified atom stereocenters. The normalized spacial score (nSPS) is 27.1. The standard InChI is InChI=1S/C9H12N2O2S/c1-5-7(12)3-4-8(5)14-9-11-10-6(2)13-9/h5,8H,3-4H2,1-2H3. The summed E-state index contributed by atoms with van der Waals surface area (Å²) < 4.78 is 5.26. The first-order valence-corrected chi connectivity index (χ1v) is 5.54. The Morgan fingerprint density at radius 3 is 2.79 bits per heavy atom. The van der Waals surface area contributed by atoms with Gasteiger partial charge in [-0.2, -0.15) is 0 Å². The number of carbonyl (C=O) groups is 1. The van der Waals surface area contributed by atoms with E-state index >= 15 is 0 Å². The maximum Gasteiger partial charge on any atom is 0.276 e. The van der Waals surface area contributed by atoms with Gasteiger partial charge in [0.15, 0.2) is 0 Å². The summed E-state index contributed by atoms with van der Waals surface area (Å²) in [5, 5.41) is 8.54. The Labute approximate surface area is 86.5 Å². The predicted octanol–water partition coefficient (Wildman–Crippen LogP) is 1.84. The van der Waals surface area contributed by atoms with Crippen LogP contribution in [-0.4, -0.2) is 21.2 Å². The molecule has 5 heteroatoms. The Bertz CT molecular complexity index is 350. The summed E-state index contributed by atoms with van der Waals surface area (Å²) in [5.41, 5.74) is 0. The van der Waals surface area contributed by atoms with Crippen LogP contribution < -0.4 is 0 Å². The molecule has 0 spiro atoms. The van der Waals surface area contributed by atoms with Gasteiger partial charge in [-0.3, -0.25) is 4.79 Å². The van der Waals surface area contributed by atoms with Crippen molar-refractivity contribution in [3.63, 3.8) is 0 Å². The van der Waals surface area contributed by atoms with Crippen LogP contribution in [0.4, 0.5) is 0 Å². The highest BCUT2D eigenvalue weighted by Gasteiger charge is 2.32. The highest BCUT2D eigenvalue weighted by molar-refractivity contribution is 7.99. The Kier molecular flexibility index (Phi) is 2.58. The van der Waals surface area contributed by atoms with Gasteiger partial charge in [-0.25, -0.2) is 0 Å². The van der Waals surface area contributed by atoms with Crippen molar-refractivity contribution in [2.75, 3.05) is 0 Å². The number of rotatable bonds is 2. The maximum absolute atomic E-state index is 11.3. The third kappa shape index (κ3) is 1.82. The molecule has 0 amide bonds. The number of ketones is 1. The number of carbonyl (C=O) groups excluding carboxylic acids is 1. The van der Waals surface area contributed by atoms with Gasteiger partial charge in [-0.1, -0.05) is 18.7 Å². The van der Waals surface area contributed by atoms with E-state index in [0.717, 1.165) is 6.42 Å². The third-order valence-corrected chi connectivity index (χ3v) is 3.81. The Morgan fingerprint density at radius 2 is 2.29 bits per heavy atom. The quantitative estimate of drug-likeness (QED) is 0.748. The molecule has 1 aromatic rings. The van der Waals surface area contributed by atoms with Crippen LogP contribution in [-0.2, 0) is 4.79 Å². The van der Waals surface area contributed by atoms with Crippen molar-refractivity contribution in [3.8, 4) is 0 Å². The largest absolute Gasteiger partial charge is 0.416 e. The van der Waals surface area contributed by atoms with Crippen LogP contribution in [0.1, 0.15) is 25.7 Å². The molecule has 0 radical (unpaired) electrons. The van der Waals surface area contributed by atoms with Crippen LogP contribution in [0.3, 0.4) is 0 Å². The molecule has 0 N–H and O–H groups in total. The second-order valence-electron chi connectivity index (χ2n) is 3.54. The summed E-state index contributed by atoms with van der Waals surface area (Å²) >= 11 is 1.52. The molecule has 2 rings (SSSR count). The Morgan fingerprint density at radius 1 is 1.50 bits per heavy atom. The predicted molar refractivity (Wildman–Crippen MR) is 52.1 cm³/mol. The minimum absolute atomic E-state index is 0.118. The zero-order valence-corrected chi connectivity index (χ0v) is 9.00. The highest BCUT2D eigenvalue weighted by atomic mass is 32.2. The third-order valence-electron chi connectivity index (χ3n) is 2.50. The second kappa shape index (κ2) is 3.73. The molecular formula is C9H12N2O2S. The molecule has 0 aliphatic heterocycles. The molecule has 1 aliphatic rings. The molecule has 4 nitrogen and oxygen atoms in total. The molecular weight excluding hydrogens is 200 g/mol. The van der Waals surface area contributed by atoms with Crippen molar-refractivity contribution in [2.24, 2.45) is 5.92 Å². The van der Waals surface area contributed by atoms with Gasteiger partial charge in [0.2, 0.25) is 5.89 Å². The fourth-order valence-corrected chi connectivity index (χ4v) is 2.69. The van der Waals surface area contributed by atoms with Crippen LogP contribution in [0.15, 0.2) is 9.64 Å². The van der Waals surface area contributed by atoms with E-state index in [1.807, 2.05) is 6.92 Å². The van der Waals surface area contributed by atoms with E-state index in [4.69, 9.17) is 4.42 Å². The van der Waals surface area contributed by atoms with Crippen molar-refractivity contribution < 1.29 is 9.21 Å². The molecule has 2 atom stereocenters. The first-order chi connectivity index (χ1) is 6.66. The lowest BCUT2D eigenvalue weighted by molar-refractivity contribution is -0.120. The molecule has 1 aliphatic carbocycles. The molecule has 1 aromatic heterocycles. The van der Waals surface area contributed by atoms with Crippen LogP contribution >= 0.6 is 11.8 Å². The lowest BCUT2D eigenvalue weighted by atomic mass is 10.1. The van der Waals surface area contributed by atoms with E-state index in [9.17, 15) is 4.79 Å². The van der Waals surface area contributed by atoms with Gasteiger partial charge in [0.05, 0.1) is 0 Å². The first-order valence-electron chi connectivity index (χ1n) is 4.66. The molecule has 0 saturated heterocycles. The van der Waals surface area contributed by atoms with Gasteiger partial charge >= 0.3 is 0 Å². The molecule has 1 saturated carbocycles. The molecule has 0 bridgehead atoms. The zero-order valence-electron chi connectivity index (χ0n) is 8.19. The van der Waals surface area contributed by atoms with E-state index in [0.29, 0.717) is 28.6 Å². The molecule has 0 aromatic carbocycles. The first kappa shape index (κ1) is 9.71. The molecule has 1 fully saturated rings. The number of aromatic nitrogens is 2. The number of aryl methyl sites for hydroxylation is 1. The van der Waals surface area contributed by atoms with Gasteiger partial charge in [0, 0.05) is 24.5 Å². The van der Waals surface area contributed by atoms with Crippen LogP contribution in [0.2, 0.25) is 0 Å². The lowest BCUT2D eigenvalue weighted by Crippen LogP contribution is -2.11. The maximum atomic E-state index is 11.3. The lowest BCUT2D eigenvalue weighted by Gasteiger charge is -2.09. The molecule has 76 valence electrons. The fraction of sp³-hybridized carbons (Fsp3) is 0.667. The number of Topliss-reactive ketones (excluding diaryl/α,β-unsaturated/α-hetero) is 1. The Balaban J connectivity index is 2.02. The van der Waals surface area contributed by atoms with Crippen molar-refractivity contribution >= 4 is 17.5 Å². The summed E-state index contributed by atoms with van der Waals surface area (Å²) in [5.74, 6) is 1.04. The summed E-state index contributed by atoms with van der Waals surface area (Å²) in [6.45, 7) is 3.73. The second-order valence-corrected chi connectivity index (χ2v) is 4.73. The number of nitrogens with zero attached hydrogens (tertiary/aromatic N) is 2. The molecule has 1 heterocycles. The monoisotopic (exact) mass is 212 g/mol. The zero-order chi connectivity index (χ0) is 10.1. The van der Waals surface area contributed by atoms with Crippen LogP contribution in [0.5, 0.6) is 0 Å². The highest BCUT2D eigenvalue weighted by Crippen LogP contribution is 2.36. The van der Waals surface area contributed by atoms with Gasteiger partial charge in [0.1, 0.15) is 5.78 Å². The van der Waals surface area contributed by atoms with E-state index in [-0.39, 0.29) is 5.92 Å². The fourth-order valence-electron chi connectivity index (χ4n) is 1.59. The van der Waals surface area contributed by atoms with Gasteiger partial charge in [-0.05, 0) is 6.42 Å². The SMILES string of the molecule is Cc1nnc(SC2CCC(=O)C2C)o1. The summed E-state index contributed by atoms with van der Waals surface area (Å²) in [4.78, 5) is 11.3. The number of thioether (sulfide) groups is 1.